The second-order valence-corrected chi connectivity index (χ2v) is 3.42. The van der Waals surface area contributed by atoms with E-state index in [0.29, 0.717) is 27.8 Å². The molecule has 0 saturated carbocycles. The third kappa shape index (κ3) is 2.70. The van der Waals surface area contributed by atoms with Crippen molar-refractivity contribution in [3.8, 4) is 17.2 Å². The average Bonchev–Trinajstić information content (AvgIpc) is 2.35. The second-order valence-electron chi connectivity index (χ2n) is 3.01. The number of benzene rings is 1. The van der Waals surface area contributed by atoms with Gasteiger partial charge >= 0.3 is 0 Å². The Morgan fingerprint density at radius 1 is 1.24 bits per heavy atom. The van der Waals surface area contributed by atoms with E-state index < -0.39 is 0 Å². The van der Waals surface area contributed by atoms with Crippen LogP contribution < -0.4 is 14.2 Å². The van der Waals surface area contributed by atoms with Crippen LogP contribution >= 0.6 is 11.6 Å². The Hall–Kier alpha value is -1.71. The number of methoxy groups -OCH3 is 3. The molecule has 0 unspecified atom stereocenters. The van der Waals surface area contributed by atoms with Crippen molar-refractivity contribution in [2.75, 3.05) is 21.3 Å². The zero-order valence-corrected chi connectivity index (χ0v) is 10.5. The van der Waals surface area contributed by atoms with Gasteiger partial charge in [-0.2, -0.15) is 0 Å². The minimum atomic E-state index is 0.0623. The van der Waals surface area contributed by atoms with Crippen LogP contribution in [0.2, 0.25) is 5.02 Å². The summed E-state index contributed by atoms with van der Waals surface area (Å²) in [4.78, 5) is 13.7. The first-order valence-corrected chi connectivity index (χ1v) is 5.08. The largest absolute Gasteiger partial charge is 0.495 e. The Morgan fingerprint density at radius 3 is 2.35 bits per heavy atom. The summed E-state index contributed by atoms with van der Waals surface area (Å²) < 4.78 is 15.5. The quantitative estimate of drug-likeness (QED) is 0.599. The standard InChI is InChI=1S/C11H12ClNO4/c1-15-9-4-8(12)10(16-2)7(5-13-6-14)11(9)17-3/h4H,5H2,1-3H3. The van der Waals surface area contributed by atoms with Crippen molar-refractivity contribution in [2.45, 2.75) is 6.54 Å². The van der Waals surface area contributed by atoms with E-state index in [2.05, 4.69) is 4.99 Å². The smallest absolute Gasteiger partial charge is 0.235 e. The normalized spacial score (nSPS) is 9.41. The number of nitrogens with zero attached hydrogens (tertiary/aromatic N) is 1. The highest BCUT2D eigenvalue weighted by Crippen LogP contribution is 2.42. The monoisotopic (exact) mass is 257 g/mol. The lowest BCUT2D eigenvalue weighted by Gasteiger charge is -2.16. The molecular formula is C11H12ClNO4. The van der Waals surface area contributed by atoms with Crippen LogP contribution in [0.15, 0.2) is 11.1 Å². The highest BCUT2D eigenvalue weighted by Gasteiger charge is 2.19. The molecule has 6 heteroatoms. The molecule has 1 aromatic carbocycles. The van der Waals surface area contributed by atoms with E-state index in [9.17, 15) is 4.79 Å². The maximum Gasteiger partial charge on any atom is 0.235 e. The van der Waals surface area contributed by atoms with Crippen molar-refractivity contribution >= 4 is 17.7 Å². The zero-order valence-electron chi connectivity index (χ0n) is 9.74. The summed E-state index contributed by atoms with van der Waals surface area (Å²) in [6.07, 6.45) is 1.46. The molecular weight excluding hydrogens is 246 g/mol. The molecule has 0 atom stereocenters. The number of hydrogen-bond donors (Lipinski definition) is 0. The molecule has 17 heavy (non-hydrogen) atoms. The molecule has 92 valence electrons. The van der Waals surface area contributed by atoms with Gasteiger partial charge in [0.1, 0.15) is 5.75 Å². The van der Waals surface area contributed by atoms with Crippen molar-refractivity contribution in [2.24, 2.45) is 4.99 Å². The van der Waals surface area contributed by atoms with Crippen molar-refractivity contribution in [1.29, 1.82) is 0 Å². The fourth-order valence-corrected chi connectivity index (χ4v) is 1.78. The van der Waals surface area contributed by atoms with Crippen molar-refractivity contribution < 1.29 is 19.0 Å². The van der Waals surface area contributed by atoms with Gasteiger partial charge in [0.2, 0.25) is 6.08 Å². The highest BCUT2D eigenvalue weighted by atomic mass is 35.5. The predicted octanol–water partition coefficient (Wildman–Crippen LogP) is 2.20. The molecule has 0 amide bonds. The first-order valence-electron chi connectivity index (χ1n) is 4.70. The van der Waals surface area contributed by atoms with Gasteiger partial charge in [-0.1, -0.05) is 11.6 Å². The number of ether oxygens (including phenoxy) is 3. The van der Waals surface area contributed by atoms with Crippen LogP contribution in [-0.2, 0) is 11.3 Å². The summed E-state index contributed by atoms with van der Waals surface area (Å²) in [5.41, 5.74) is 0.544. The molecule has 0 aliphatic heterocycles. The number of halogens is 1. The van der Waals surface area contributed by atoms with E-state index in [4.69, 9.17) is 25.8 Å². The summed E-state index contributed by atoms with van der Waals surface area (Å²) >= 11 is 6.02. The highest BCUT2D eigenvalue weighted by molar-refractivity contribution is 6.32. The molecule has 0 radical (unpaired) electrons. The molecule has 0 N–H and O–H groups in total. The van der Waals surface area contributed by atoms with Gasteiger partial charge in [-0.25, -0.2) is 9.79 Å². The van der Waals surface area contributed by atoms with Gasteiger partial charge in [-0.05, 0) is 0 Å². The topological polar surface area (TPSA) is 57.1 Å². The van der Waals surface area contributed by atoms with Crippen LogP contribution in [0.25, 0.3) is 0 Å². The maximum absolute atomic E-state index is 10.2. The number of aliphatic imine (C=N–C) groups is 1. The van der Waals surface area contributed by atoms with Crippen molar-refractivity contribution in [3.05, 3.63) is 16.7 Å². The molecule has 0 bridgehead atoms. The number of isocyanates is 1. The molecule has 0 aromatic heterocycles. The summed E-state index contributed by atoms with van der Waals surface area (Å²) in [6, 6.07) is 1.58. The number of carbonyl (C=O) groups excluding carboxylic acids is 1. The Labute approximate surface area is 104 Å². The SMILES string of the molecule is COc1cc(Cl)c(OC)c(CN=C=O)c1OC. The molecule has 0 spiro atoms. The first kappa shape index (κ1) is 13.4. The molecule has 5 nitrogen and oxygen atoms in total. The summed E-state index contributed by atoms with van der Waals surface area (Å²) in [5, 5.41) is 0.362. The van der Waals surface area contributed by atoms with E-state index >= 15 is 0 Å². The third-order valence-electron chi connectivity index (χ3n) is 2.18. The lowest BCUT2D eigenvalue weighted by atomic mass is 10.1. The summed E-state index contributed by atoms with van der Waals surface area (Å²) in [5.74, 6) is 1.30. The first-order chi connectivity index (χ1) is 8.19. The van der Waals surface area contributed by atoms with Gasteiger partial charge < -0.3 is 14.2 Å². The molecule has 0 aliphatic carbocycles. The second kappa shape index (κ2) is 6.13. The van der Waals surface area contributed by atoms with Crippen molar-refractivity contribution in [1.82, 2.24) is 0 Å². The van der Waals surface area contributed by atoms with Gasteiger partial charge in [0.25, 0.3) is 0 Å². The fraction of sp³-hybridized carbons (Fsp3) is 0.364. The number of hydrogen-bond acceptors (Lipinski definition) is 5. The third-order valence-corrected chi connectivity index (χ3v) is 2.46. The van der Waals surface area contributed by atoms with Crippen molar-refractivity contribution in [3.63, 3.8) is 0 Å². The van der Waals surface area contributed by atoms with E-state index in [1.807, 2.05) is 0 Å². The van der Waals surface area contributed by atoms with Crippen LogP contribution in [0.3, 0.4) is 0 Å². The van der Waals surface area contributed by atoms with E-state index in [1.54, 1.807) is 6.07 Å². The molecule has 1 aromatic rings. The Bertz CT molecular complexity index is 455. The Kier molecular flexibility index (Phi) is 4.82. The van der Waals surface area contributed by atoms with Crippen LogP contribution in [0.1, 0.15) is 5.56 Å². The van der Waals surface area contributed by atoms with E-state index in [0.717, 1.165) is 0 Å². The van der Waals surface area contributed by atoms with E-state index in [1.165, 1.54) is 27.4 Å². The van der Waals surface area contributed by atoms with Gasteiger partial charge in [0.15, 0.2) is 11.5 Å². The lowest BCUT2D eigenvalue weighted by Crippen LogP contribution is -2.00. The van der Waals surface area contributed by atoms with Crippen LogP contribution in [0.5, 0.6) is 17.2 Å². The Balaban J connectivity index is 3.45. The zero-order chi connectivity index (χ0) is 12.8. The fourth-order valence-electron chi connectivity index (χ4n) is 1.49. The van der Waals surface area contributed by atoms with Crippen LogP contribution in [0.4, 0.5) is 0 Å². The number of rotatable bonds is 5. The predicted molar refractivity (Wildman–Crippen MR) is 62.9 cm³/mol. The van der Waals surface area contributed by atoms with Gasteiger partial charge in [-0.3, -0.25) is 0 Å². The average molecular weight is 258 g/mol. The van der Waals surface area contributed by atoms with Crippen LogP contribution in [0, 0.1) is 0 Å². The Morgan fingerprint density at radius 2 is 1.88 bits per heavy atom. The molecule has 0 aliphatic rings. The molecule has 0 fully saturated rings. The van der Waals surface area contributed by atoms with E-state index in [-0.39, 0.29) is 6.54 Å². The molecule has 0 saturated heterocycles. The maximum atomic E-state index is 10.2. The van der Waals surface area contributed by atoms with Gasteiger partial charge in [0.05, 0.1) is 38.5 Å². The molecule has 1 rings (SSSR count). The van der Waals surface area contributed by atoms with Gasteiger partial charge in [0, 0.05) is 6.07 Å². The van der Waals surface area contributed by atoms with Gasteiger partial charge in [-0.15, -0.1) is 0 Å². The summed E-state index contributed by atoms with van der Waals surface area (Å²) in [7, 11) is 4.45. The lowest BCUT2D eigenvalue weighted by molar-refractivity contribution is 0.344. The van der Waals surface area contributed by atoms with Crippen LogP contribution in [-0.4, -0.2) is 27.4 Å². The minimum absolute atomic E-state index is 0.0623. The minimum Gasteiger partial charge on any atom is -0.495 e. The molecule has 0 heterocycles. The summed E-state index contributed by atoms with van der Waals surface area (Å²) in [6.45, 7) is 0.0623.